The van der Waals surface area contributed by atoms with Gasteiger partial charge in [0.1, 0.15) is 0 Å². The monoisotopic (exact) mass is 244 g/mol. The first-order valence-corrected chi connectivity index (χ1v) is 7.72. The van der Waals surface area contributed by atoms with Crippen LogP contribution in [0.4, 0.5) is 0 Å². The molecule has 0 aromatic carbocycles. The molecule has 18 heavy (non-hydrogen) atoms. The number of rotatable bonds is 0. The van der Waals surface area contributed by atoms with Crippen LogP contribution in [0.3, 0.4) is 0 Å². The van der Waals surface area contributed by atoms with Crippen molar-refractivity contribution in [2.75, 3.05) is 0 Å². The molecule has 0 atom stereocenters. The second-order valence-electron chi connectivity index (χ2n) is 6.06. The molecule has 3 aliphatic carbocycles. The lowest BCUT2D eigenvalue weighted by Gasteiger charge is -2.23. The fraction of sp³-hybridized carbons (Fsp3) is 0.667. The van der Waals surface area contributed by atoms with E-state index in [1.54, 1.807) is 22.3 Å². The number of hydrogen-bond acceptors (Lipinski definition) is 0. The Balaban J connectivity index is 0.000000574. The van der Waals surface area contributed by atoms with Gasteiger partial charge in [0.15, 0.2) is 0 Å². The van der Waals surface area contributed by atoms with Crippen molar-refractivity contribution in [3.8, 4) is 0 Å². The Labute approximate surface area is 113 Å². The predicted molar refractivity (Wildman–Crippen MR) is 80.6 cm³/mol. The van der Waals surface area contributed by atoms with Crippen molar-refractivity contribution in [1.29, 1.82) is 0 Å². The highest BCUT2D eigenvalue weighted by Gasteiger charge is 2.45. The third-order valence-corrected chi connectivity index (χ3v) is 5.14. The van der Waals surface area contributed by atoms with E-state index in [2.05, 4.69) is 20.4 Å². The Morgan fingerprint density at radius 1 is 0.944 bits per heavy atom. The Hall–Kier alpha value is -0.780. The lowest BCUT2D eigenvalue weighted by atomic mass is 9.80. The van der Waals surface area contributed by atoms with E-state index in [4.69, 9.17) is 0 Å². The van der Waals surface area contributed by atoms with Crippen LogP contribution in [-0.2, 0) is 0 Å². The number of allylic oxidation sites excluding steroid dienone is 5. The van der Waals surface area contributed by atoms with Gasteiger partial charge in [0.25, 0.3) is 0 Å². The molecule has 1 spiro atoms. The number of hydrogen-bond donors (Lipinski definition) is 0. The summed E-state index contributed by atoms with van der Waals surface area (Å²) in [5.41, 5.74) is 8.50. The van der Waals surface area contributed by atoms with Crippen molar-refractivity contribution in [1.82, 2.24) is 0 Å². The van der Waals surface area contributed by atoms with E-state index in [0.717, 1.165) is 0 Å². The Kier molecular flexibility index (Phi) is 3.84. The summed E-state index contributed by atoms with van der Waals surface area (Å²) in [6.45, 7) is 13.1. The Morgan fingerprint density at radius 2 is 1.50 bits per heavy atom. The van der Waals surface area contributed by atoms with Gasteiger partial charge in [-0.05, 0) is 68.1 Å². The highest BCUT2D eigenvalue weighted by atomic mass is 14.5. The summed E-state index contributed by atoms with van der Waals surface area (Å²) in [6.07, 6.45) is 9.46. The highest BCUT2D eigenvalue weighted by molar-refractivity contribution is 5.60. The molecule has 0 amide bonds. The summed E-state index contributed by atoms with van der Waals surface area (Å²) in [6, 6.07) is 0. The van der Waals surface area contributed by atoms with E-state index in [-0.39, 0.29) is 0 Å². The van der Waals surface area contributed by atoms with Gasteiger partial charge in [-0.2, -0.15) is 0 Å². The van der Waals surface area contributed by atoms with E-state index < -0.39 is 0 Å². The van der Waals surface area contributed by atoms with Gasteiger partial charge in [-0.15, -0.1) is 0 Å². The summed E-state index contributed by atoms with van der Waals surface area (Å²) >= 11 is 0. The second kappa shape index (κ2) is 5.07. The average molecular weight is 244 g/mol. The first-order chi connectivity index (χ1) is 8.64. The molecule has 2 fully saturated rings. The largest absolute Gasteiger partial charge is 0.0946 e. The van der Waals surface area contributed by atoms with Gasteiger partial charge >= 0.3 is 0 Å². The summed E-state index contributed by atoms with van der Waals surface area (Å²) in [5.74, 6) is 0. The van der Waals surface area contributed by atoms with Gasteiger partial charge in [-0.1, -0.05) is 44.4 Å². The van der Waals surface area contributed by atoms with Crippen molar-refractivity contribution in [2.45, 2.75) is 72.6 Å². The lowest BCUT2D eigenvalue weighted by molar-refractivity contribution is 0.398. The zero-order valence-electron chi connectivity index (χ0n) is 12.7. The minimum atomic E-state index is 0.484. The molecule has 0 unspecified atom stereocenters. The number of fused-ring (bicyclic) bond motifs is 1. The van der Waals surface area contributed by atoms with Crippen molar-refractivity contribution in [3.63, 3.8) is 0 Å². The third-order valence-electron chi connectivity index (χ3n) is 5.14. The maximum atomic E-state index is 4.47. The fourth-order valence-corrected chi connectivity index (χ4v) is 4.04. The third kappa shape index (κ3) is 1.90. The lowest BCUT2D eigenvalue weighted by Crippen LogP contribution is -2.12. The van der Waals surface area contributed by atoms with Crippen LogP contribution in [0.1, 0.15) is 72.6 Å². The second-order valence-corrected chi connectivity index (χ2v) is 6.06. The van der Waals surface area contributed by atoms with Gasteiger partial charge < -0.3 is 0 Å². The quantitative estimate of drug-likeness (QED) is 0.493. The zero-order valence-corrected chi connectivity index (χ0v) is 12.7. The summed E-state index contributed by atoms with van der Waals surface area (Å²) < 4.78 is 0. The van der Waals surface area contributed by atoms with E-state index in [1.807, 2.05) is 13.8 Å². The predicted octanol–water partition coefficient (Wildman–Crippen LogP) is 5.96. The van der Waals surface area contributed by atoms with Crippen molar-refractivity contribution in [3.05, 3.63) is 34.4 Å². The Bertz CT molecular complexity index is 411. The molecule has 0 nitrogen and oxygen atoms in total. The van der Waals surface area contributed by atoms with Gasteiger partial charge in [0.2, 0.25) is 0 Å². The molecule has 0 N–H and O–H groups in total. The van der Waals surface area contributed by atoms with Crippen molar-refractivity contribution >= 4 is 0 Å². The summed E-state index contributed by atoms with van der Waals surface area (Å²) in [7, 11) is 0. The van der Waals surface area contributed by atoms with E-state index in [9.17, 15) is 0 Å². The standard InChI is InChI=1S/C16H22.C2H6/c1-11-6-7-12(2)15-13(3)16(10-14(11)15)8-4-5-9-16;1-2/h3-10H2,1-2H3;1-2H3. The smallest absolute Gasteiger partial charge is 0.000630 e. The van der Waals surface area contributed by atoms with Crippen molar-refractivity contribution in [2.24, 2.45) is 5.41 Å². The first kappa shape index (κ1) is 13.6. The SMILES string of the molecule is C=C1C2=C(C)CCC(C)=C2CC12CCCC2.CC. The van der Waals surface area contributed by atoms with Crippen LogP contribution < -0.4 is 0 Å². The average Bonchev–Trinajstić information content (AvgIpc) is 2.96. The van der Waals surface area contributed by atoms with Crippen LogP contribution in [0.25, 0.3) is 0 Å². The van der Waals surface area contributed by atoms with Crippen molar-refractivity contribution < 1.29 is 0 Å². The fourth-order valence-electron chi connectivity index (χ4n) is 4.04. The zero-order chi connectivity index (χ0) is 13.3. The van der Waals surface area contributed by atoms with Gasteiger partial charge in [0.05, 0.1) is 0 Å². The van der Waals surface area contributed by atoms with Gasteiger partial charge in [-0.3, -0.25) is 0 Å². The molecular weight excluding hydrogens is 216 g/mol. The molecule has 3 rings (SSSR count). The minimum Gasteiger partial charge on any atom is -0.0946 e. The van der Waals surface area contributed by atoms with Crippen LogP contribution in [-0.4, -0.2) is 0 Å². The van der Waals surface area contributed by atoms with Crippen LogP contribution in [0.2, 0.25) is 0 Å². The molecular formula is C18H28. The topological polar surface area (TPSA) is 0 Å². The van der Waals surface area contributed by atoms with Gasteiger partial charge in [0, 0.05) is 0 Å². The van der Waals surface area contributed by atoms with Crippen LogP contribution in [0.15, 0.2) is 34.4 Å². The molecule has 0 bridgehead atoms. The van der Waals surface area contributed by atoms with E-state index in [1.165, 1.54) is 50.5 Å². The molecule has 100 valence electrons. The summed E-state index contributed by atoms with van der Waals surface area (Å²) in [5, 5.41) is 0. The molecule has 0 saturated heterocycles. The minimum absolute atomic E-state index is 0.484. The first-order valence-electron chi connectivity index (χ1n) is 7.72. The molecule has 3 aliphatic rings. The van der Waals surface area contributed by atoms with Gasteiger partial charge in [-0.25, -0.2) is 0 Å². The molecule has 0 heterocycles. The Morgan fingerprint density at radius 3 is 2.06 bits per heavy atom. The highest BCUT2D eigenvalue weighted by Crippen LogP contribution is 2.60. The molecule has 0 aromatic rings. The molecule has 0 aliphatic heterocycles. The normalized spacial score (nSPS) is 25.4. The van der Waals surface area contributed by atoms with Crippen LogP contribution >= 0.6 is 0 Å². The van der Waals surface area contributed by atoms with E-state index in [0.29, 0.717) is 5.41 Å². The molecule has 0 aromatic heterocycles. The van der Waals surface area contributed by atoms with Crippen LogP contribution in [0, 0.1) is 5.41 Å². The summed E-state index contributed by atoms with van der Waals surface area (Å²) in [4.78, 5) is 0. The van der Waals surface area contributed by atoms with Crippen LogP contribution in [0.5, 0.6) is 0 Å². The maximum Gasteiger partial charge on any atom is -0.000630 e. The van der Waals surface area contributed by atoms with E-state index >= 15 is 0 Å². The molecule has 0 heteroatoms. The maximum absolute atomic E-state index is 4.47. The molecule has 2 saturated carbocycles. The molecule has 0 radical (unpaired) electrons.